The van der Waals surface area contributed by atoms with Crippen LogP contribution in [0.15, 0.2) is 18.3 Å². The molecule has 0 atom stereocenters. The van der Waals surface area contributed by atoms with Crippen LogP contribution in [0.3, 0.4) is 0 Å². The Morgan fingerprint density at radius 3 is 2.24 bits per heavy atom. The highest BCUT2D eigenvalue weighted by Crippen LogP contribution is 2.20. The summed E-state index contributed by atoms with van der Waals surface area (Å²) in [6, 6.07) is 4.02. The molecule has 3 nitrogen and oxygen atoms in total. The number of anilines is 1. The molecule has 1 rings (SSSR count). The topological polar surface area (TPSA) is 50.9 Å². The number of pyridine rings is 1. The van der Waals surface area contributed by atoms with Crippen molar-refractivity contribution in [1.29, 1.82) is 0 Å². The summed E-state index contributed by atoms with van der Waals surface area (Å²) >= 11 is 0. The molecule has 1 heterocycles. The van der Waals surface area contributed by atoms with E-state index < -0.39 is 0 Å². The summed E-state index contributed by atoms with van der Waals surface area (Å²) in [6.07, 6.45) is 1.84. The fraction of sp³-hybridized carbons (Fsp3) is 0.643. The molecule has 1 aromatic rings. The molecule has 0 spiro atoms. The van der Waals surface area contributed by atoms with Gasteiger partial charge in [-0.3, -0.25) is 0 Å². The Labute approximate surface area is 105 Å². The van der Waals surface area contributed by atoms with Crippen LogP contribution in [0.5, 0.6) is 0 Å². The first-order valence-electron chi connectivity index (χ1n) is 6.43. The zero-order chi connectivity index (χ0) is 12.8. The normalized spacial score (nSPS) is 11.5. The van der Waals surface area contributed by atoms with Crippen LogP contribution in [0, 0.1) is 17.8 Å². The first kappa shape index (κ1) is 14.0. The van der Waals surface area contributed by atoms with Gasteiger partial charge in [0.05, 0.1) is 0 Å². The van der Waals surface area contributed by atoms with E-state index >= 15 is 0 Å². The smallest absolute Gasteiger partial charge is 0.125 e. The quantitative estimate of drug-likeness (QED) is 0.797. The van der Waals surface area contributed by atoms with Crippen molar-refractivity contribution in [3.05, 3.63) is 23.9 Å². The first-order valence-corrected chi connectivity index (χ1v) is 6.43. The Kier molecular flexibility index (Phi) is 5.42. The molecule has 3 N–H and O–H groups in total. The Morgan fingerprint density at radius 2 is 1.82 bits per heavy atom. The molecule has 0 bridgehead atoms. The van der Waals surface area contributed by atoms with Gasteiger partial charge in [-0.1, -0.05) is 33.8 Å². The minimum absolute atomic E-state index is 0.549. The van der Waals surface area contributed by atoms with E-state index in [0.717, 1.165) is 17.9 Å². The molecule has 0 saturated carbocycles. The lowest BCUT2D eigenvalue weighted by Gasteiger charge is -2.25. The van der Waals surface area contributed by atoms with Gasteiger partial charge in [-0.2, -0.15) is 0 Å². The summed E-state index contributed by atoms with van der Waals surface area (Å²) < 4.78 is 0. The molecule has 0 aliphatic rings. The second-order valence-electron chi connectivity index (χ2n) is 5.29. The van der Waals surface area contributed by atoms with Crippen molar-refractivity contribution in [3.63, 3.8) is 0 Å². The van der Waals surface area contributed by atoms with Crippen molar-refractivity contribution < 1.29 is 0 Å². The lowest BCUT2D eigenvalue weighted by atomic mass is 9.85. The molecule has 0 amide bonds. The molecular weight excluding hydrogens is 210 g/mol. The highest BCUT2D eigenvalue weighted by Gasteiger charge is 2.16. The standard InChI is InChI=1S/C14H25N3/c1-10(2)13(11(3)4)9-17-14-6-5-12(7-15)8-16-14/h5-6,8,10-11,13H,7,9,15H2,1-4H3,(H,16,17). The van der Waals surface area contributed by atoms with Crippen LogP contribution in [0.2, 0.25) is 0 Å². The van der Waals surface area contributed by atoms with E-state index in [4.69, 9.17) is 5.73 Å². The predicted molar refractivity (Wildman–Crippen MR) is 73.8 cm³/mol. The van der Waals surface area contributed by atoms with Gasteiger partial charge in [-0.05, 0) is 29.4 Å². The summed E-state index contributed by atoms with van der Waals surface area (Å²) in [6.45, 7) is 10.6. The van der Waals surface area contributed by atoms with Crippen LogP contribution in [0.1, 0.15) is 33.3 Å². The van der Waals surface area contributed by atoms with E-state index in [2.05, 4.69) is 38.0 Å². The maximum Gasteiger partial charge on any atom is 0.125 e. The van der Waals surface area contributed by atoms with Crippen LogP contribution in [-0.2, 0) is 6.54 Å². The molecule has 17 heavy (non-hydrogen) atoms. The number of nitrogens with two attached hydrogens (primary N) is 1. The maximum atomic E-state index is 5.54. The number of rotatable bonds is 6. The fourth-order valence-corrected chi connectivity index (χ4v) is 2.11. The molecule has 0 aliphatic carbocycles. The Morgan fingerprint density at radius 1 is 1.18 bits per heavy atom. The van der Waals surface area contributed by atoms with E-state index in [-0.39, 0.29) is 0 Å². The van der Waals surface area contributed by atoms with Crippen LogP contribution in [0.25, 0.3) is 0 Å². The molecule has 1 aromatic heterocycles. The highest BCUT2D eigenvalue weighted by molar-refractivity contribution is 5.35. The maximum absolute atomic E-state index is 5.54. The number of nitrogens with one attached hydrogen (secondary N) is 1. The predicted octanol–water partition coefficient (Wildman–Crippen LogP) is 2.88. The summed E-state index contributed by atoms with van der Waals surface area (Å²) in [4.78, 5) is 4.35. The Balaban J connectivity index is 2.53. The largest absolute Gasteiger partial charge is 0.370 e. The SMILES string of the molecule is CC(C)C(CNc1ccc(CN)cn1)C(C)C. The van der Waals surface area contributed by atoms with E-state index in [1.165, 1.54) is 0 Å². The second kappa shape index (κ2) is 6.60. The van der Waals surface area contributed by atoms with Gasteiger partial charge in [0.2, 0.25) is 0 Å². The third-order valence-electron chi connectivity index (χ3n) is 3.29. The highest BCUT2D eigenvalue weighted by atomic mass is 15.0. The van der Waals surface area contributed by atoms with Crippen molar-refractivity contribution in [3.8, 4) is 0 Å². The van der Waals surface area contributed by atoms with Crippen LogP contribution < -0.4 is 11.1 Å². The van der Waals surface area contributed by atoms with E-state index in [1.807, 2.05) is 18.3 Å². The van der Waals surface area contributed by atoms with Crippen molar-refractivity contribution >= 4 is 5.82 Å². The number of hydrogen-bond acceptors (Lipinski definition) is 3. The number of hydrogen-bond donors (Lipinski definition) is 2. The average Bonchev–Trinajstić information content (AvgIpc) is 2.29. The lowest BCUT2D eigenvalue weighted by molar-refractivity contribution is 0.304. The van der Waals surface area contributed by atoms with Gasteiger partial charge in [-0.15, -0.1) is 0 Å². The van der Waals surface area contributed by atoms with Gasteiger partial charge >= 0.3 is 0 Å². The van der Waals surface area contributed by atoms with Crippen molar-refractivity contribution in [2.24, 2.45) is 23.5 Å². The van der Waals surface area contributed by atoms with E-state index in [0.29, 0.717) is 24.3 Å². The molecule has 0 aromatic carbocycles. The number of nitrogens with zero attached hydrogens (tertiary/aromatic N) is 1. The fourth-order valence-electron chi connectivity index (χ4n) is 2.11. The van der Waals surface area contributed by atoms with Crippen molar-refractivity contribution in [1.82, 2.24) is 4.98 Å². The number of aromatic nitrogens is 1. The van der Waals surface area contributed by atoms with Gasteiger partial charge in [0.1, 0.15) is 5.82 Å². The van der Waals surface area contributed by atoms with Gasteiger partial charge in [0.15, 0.2) is 0 Å². The second-order valence-corrected chi connectivity index (χ2v) is 5.29. The van der Waals surface area contributed by atoms with Gasteiger partial charge in [0, 0.05) is 19.3 Å². The molecule has 3 heteroatoms. The third-order valence-corrected chi connectivity index (χ3v) is 3.29. The van der Waals surface area contributed by atoms with E-state index in [1.54, 1.807) is 0 Å². The minimum Gasteiger partial charge on any atom is -0.370 e. The molecule has 0 aliphatic heterocycles. The Bertz CT molecular complexity index is 309. The van der Waals surface area contributed by atoms with Gasteiger partial charge < -0.3 is 11.1 Å². The molecule has 0 radical (unpaired) electrons. The molecule has 0 saturated heterocycles. The summed E-state index contributed by atoms with van der Waals surface area (Å²) in [5.41, 5.74) is 6.61. The van der Waals surface area contributed by atoms with Crippen LogP contribution >= 0.6 is 0 Å². The van der Waals surface area contributed by atoms with E-state index in [9.17, 15) is 0 Å². The Hall–Kier alpha value is -1.09. The minimum atomic E-state index is 0.549. The molecule has 0 unspecified atom stereocenters. The van der Waals surface area contributed by atoms with Crippen LogP contribution in [0.4, 0.5) is 5.82 Å². The van der Waals surface area contributed by atoms with Gasteiger partial charge in [0.25, 0.3) is 0 Å². The van der Waals surface area contributed by atoms with Gasteiger partial charge in [-0.25, -0.2) is 4.98 Å². The summed E-state index contributed by atoms with van der Waals surface area (Å²) in [5.74, 6) is 2.98. The molecule has 96 valence electrons. The van der Waals surface area contributed by atoms with Crippen molar-refractivity contribution in [2.45, 2.75) is 34.2 Å². The summed E-state index contributed by atoms with van der Waals surface area (Å²) in [5, 5.41) is 3.41. The average molecular weight is 235 g/mol. The first-order chi connectivity index (χ1) is 8.04. The zero-order valence-corrected chi connectivity index (χ0v) is 11.4. The summed E-state index contributed by atoms with van der Waals surface area (Å²) in [7, 11) is 0. The monoisotopic (exact) mass is 235 g/mol. The third kappa shape index (κ3) is 4.35. The molecular formula is C14H25N3. The molecule has 0 fully saturated rings. The van der Waals surface area contributed by atoms with Crippen molar-refractivity contribution in [2.75, 3.05) is 11.9 Å². The van der Waals surface area contributed by atoms with Crippen LogP contribution in [-0.4, -0.2) is 11.5 Å². The lowest BCUT2D eigenvalue weighted by Crippen LogP contribution is -2.24. The zero-order valence-electron chi connectivity index (χ0n) is 11.4.